The molecule has 1 atom stereocenters. The molecule has 0 spiro atoms. The highest BCUT2D eigenvalue weighted by Crippen LogP contribution is 2.52. The minimum Gasteiger partial charge on any atom is -0.343 e. The van der Waals surface area contributed by atoms with Crippen LogP contribution in [0.3, 0.4) is 0 Å². The van der Waals surface area contributed by atoms with Gasteiger partial charge in [-0.3, -0.25) is 4.79 Å². The third kappa shape index (κ3) is 25.1. The number of nitrogens with one attached hydrogen (secondary N) is 1. The first-order valence-electron chi connectivity index (χ1n) is 18.3. The first kappa shape index (κ1) is 45.4. The van der Waals surface area contributed by atoms with Gasteiger partial charge in [0.25, 0.3) is 0 Å². The summed E-state index contributed by atoms with van der Waals surface area (Å²) < 4.78 is 0. The summed E-state index contributed by atoms with van der Waals surface area (Å²) in [5, 5.41) is 3.21. The predicted octanol–water partition coefficient (Wildman–Crippen LogP) is 11.7. The molecule has 0 saturated carbocycles. The third-order valence-corrected chi connectivity index (χ3v) is 9.18. The highest BCUT2D eigenvalue weighted by atomic mass is 16.2. The fourth-order valence-corrected chi connectivity index (χ4v) is 5.97. The Hall–Kier alpha value is -1.68. The minimum absolute atomic E-state index is 0.0806. The molecule has 0 radical (unpaired) electrons. The number of unbranched alkanes of at least 4 members (excludes halogenated alkanes) is 10. The molecule has 0 rings (SSSR count). The molecule has 1 amide bonds. The van der Waals surface area contributed by atoms with Crippen LogP contribution in [0.5, 0.6) is 0 Å². The van der Waals surface area contributed by atoms with Gasteiger partial charge in [-0.25, -0.2) is 0 Å². The molecular formula is C41H78N2O2. The topological polar surface area (TPSA) is 49.4 Å². The maximum atomic E-state index is 12.8. The normalized spacial score (nSPS) is 12.9. The van der Waals surface area contributed by atoms with Crippen LogP contribution in [-0.4, -0.2) is 43.8 Å². The van der Waals surface area contributed by atoms with Crippen LogP contribution in [0.15, 0.2) is 37.0 Å². The quantitative estimate of drug-likeness (QED) is 0.0587. The first-order valence-corrected chi connectivity index (χ1v) is 18.3. The highest BCUT2D eigenvalue weighted by Gasteiger charge is 2.41. The van der Waals surface area contributed by atoms with Crippen molar-refractivity contribution in [3.05, 3.63) is 37.0 Å². The Morgan fingerprint density at radius 1 is 0.711 bits per heavy atom. The molecule has 4 heteroatoms. The molecule has 0 saturated heterocycles. The van der Waals surface area contributed by atoms with Gasteiger partial charge in [-0.15, -0.1) is 13.2 Å². The van der Waals surface area contributed by atoms with E-state index in [1.54, 1.807) is 0 Å². The standard InChI is InChI=1S/C34H66N2O2.C7H12/c1-30(34(8,33(5,6)7)29-32(2,3)4)23-18-21-27-36(31(38)24-22-28-37)26-20-17-15-13-11-10-12-14-16-19-25-35-9;1-4-5-6-7(2)3/h28,35H,1,10-27,29H2,2-9H3;4H,1-2,5-6H2,3H3. The van der Waals surface area contributed by atoms with Gasteiger partial charge in [-0.1, -0.05) is 124 Å². The molecule has 0 aliphatic heterocycles. The van der Waals surface area contributed by atoms with Crippen molar-refractivity contribution in [2.24, 2.45) is 16.2 Å². The van der Waals surface area contributed by atoms with Gasteiger partial charge in [-0.05, 0) is 88.1 Å². The van der Waals surface area contributed by atoms with Crippen molar-refractivity contribution >= 4 is 12.2 Å². The molecule has 4 nitrogen and oxygen atoms in total. The number of carbonyl (C=O) groups excluding carboxylic acids is 2. The Morgan fingerprint density at radius 3 is 1.60 bits per heavy atom. The van der Waals surface area contributed by atoms with E-state index in [2.05, 4.69) is 73.5 Å². The molecule has 45 heavy (non-hydrogen) atoms. The van der Waals surface area contributed by atoms with Crippen LogP contribution in [0.1, 0.15) is 171 Å². The number of carbonyl (C=O) groups is 2. The Morgan fingerprint density at radius 2 is 1.20 bits per heavy atom. The smallest absolute Gasteiger partial charge is 0.222 e. The fourth-order valence-electron chi connectivity index (χ4n) is 5.97. The van der Waals surface area contributed by atoms with Crippen molar-refractivity contribution in [1.82, 2.24) is 10.2 Å². The largest absolute Gasteiger partial charge is 0.343 e. The molecule has 0 aromatic rings. The molecule has 0 aliphatic rings. The van der Waals surface area contributed by atoms with E-state index in [1.165, 1.54) is 68.9 Å². The molecule has 0 bridgehead atoms. The van der Waals surface area contributed by atoms with E-state index in [1.807, 2.05) is 24.9 Å². The predicted molar refractivity (Wildman–Crippen MR) is 201 cm³/mol. The summed E-state index contributed by atoms with van der Waals surface area (Å²) in [7, 11) is 2.02. The van der Waals surface area contributed by atoms with Crippen LogP contribution in [-0.2, 0) is 9.59 Å². The zero-order valence-electron chi connectivity index (χ0n) is 31.9. The maximum Gasteiger partial charge on any atom is 0.222 e. The summed E-state index contributed by atoms with van der Waals surface area (Å²) in [6, 6.07) is 0. The maximum absolute atomic E-state index is 12.8. The van der Waals surface area contributed by atoms with Crippen LogP contribution >= 0.6 is 0 Å². The summed E-state index contributed by atoms with van der Waals surface area (Å²) in [6.45, 7) is 33.1. The number of nitrogens with zero attached hydrogens (tertiary/aromatic N) is 1. The second-order valence-corrected chi connectivity index (χ2v) is 15.9. The summed E-state index contributed by atoms with van der Waals surface area (Å²) in [6.07, 6.45) is 22.6. The summed E-state index contributed by atoms with van der Waals surface area (Å²) in [4.78, 5) is 25.6. The van der Waals surface area contributed by atoms with E-state index in [0.717, 1.165) is 70.9 Å². The summed E-state index contributed by atoms with van der Waals surface area (Å²) in [5.74, 6) is 0.140. The molecule has 0 aromatic carbocycles. The van der Waals surface area contributed by atoms with Crippen LogP contribution in [0, 0.1) is 16.2 Å². The lowest BCUT2D eigenvalue weighted by Gasteiger charge is -2.47. The Labute approximate surface area is 282 Å². The van der Waals surface area contributed by atoms with Crippen LogP contribution in [0.25, 0.3) is 0 Å². The van der Waals surface area contributed by atoms with Crippen molar-refractivity contribution in [1.29, 1.82) is 0 Å². The van der Waals surface area contributed by atoms with Crippen LogP contribution in [0.4, 0.5) is 0 Å². The van der Waals surface area contributed by atoms with Gasteiger partial charge in [-0.2, -0.15) is 0 Å². The summed E-state index contributed by atoms with van der Waals surface area (Å²) >= 11 is 0. The zero-order chi connectivity index (χ0) is 34.8. The van der Waals surface area contributed by atoms with E-state index in [9.17, 15) is 9.59 Å². The molecule has 0 fully saturated rings. The lowest BCUT2D eigenvalue weighted by atomic mass is 9.57. The molecule has 0 aromatic heterocycles. The first-order chi connectivity index (χ1) is 21.1. The molecule has 1 N–H and O–H groups in total. The molecule has 0 aliphatic carbocycles. The number of amides is 1. The van der Waals surface area contributed by atoms with Gasteiger partial charge in [0.05, 0.1) is 0 Å². The third-order valence-electron chi connectivity index (χ3n) is 9.18. The van der Waals surface area contributed by atoms with Gasteiger partial charge in [0.1, 0.15) is 6.29 Å². The van der Waals surface area contributed by atoms with E-state index in [0.29, 0.717) is 12.8 Å². The van der Waals surface area contributed by atoms with Crippen molar-refractivity contribution in [3.8, 4) is 0 Å². The fraction of sp³-hybridized carbons (Fsp3) is 0.805. The van der Waals surface area contributed by atoms with E-state index in [4.69, 9.17) is 0 Å². The van der Waals surface area contributed by atoms with Crippen LogP contribution < -0.4 is 5.32 Å². The van der Waals surface area contributed by atoms with Gasteiger partial charge >= 0.3 is 0 Å². The number of hydrogen-bond donors (Lipinski definition) is 1. The average Bonchev–Trinajstić information content (AvgIpc) is 2.95. The minimum atomic E-state index is 0.0806. The summed E-state index contributed by atoms with van der Waals surface area (Å²) in [5.41, 5.74) is 3.06. The number of allylic oxidation sites excluding steroid dienone is 3. The number of hydrogen-bond acceptors (Lipinski definition) is 3. The lowest BCUT2D eigenvalue weighted by molar-refractivity contribution is -0.132. The highest BCUT2D eigenvalue weighted by molar-refractivity contribution is 5.78. The molecular weight excluding hydrogens is 552 g/mol. The zero-order valence-corrected chi connectivity index (χ0v) is 31.9. The van der Waals surface area contributed by atoms with Crippen molar-refractivity contribution in [3.63, 3.8) is 0 Å². The Kier molecular flexibility index (Phi) is 26.7. The van der Waals surface area contributed by atoms with Gasteiger partial charge in [0, 0.05) is 25.9 Å². The van der Waals surface area contributed by atoms with Gasteiger partial charge in [0.15, 0.2) is 0 Å². The second kappa shape index (κ2) is 26.4. The van der Waals surface area contributed by atoms with Gasteiger partial charge in [0.2, 0.25) is 5.91 Å². The molecule has 264 valence electrons. The van der Waals surface area contributed by atoms with E-state index in [-0.39, 0.29) is 22.2 Å². The van der Waals surface area contributed by atoms with Crippen LogP contribution in [0.2, 0.25) is 0 Å². The van der Waals surface area contributed by atoms with E-state index < -0.39 is 0 Å². The lowest BCUT2D eigenvalue weighted by Crippen LogP contribution is -2.38. The van der Waals surface area contributed by atoms with Crippen molar-refractivity contribution < 1.29 is 9.59 Å². The van der Waals surface area contributed by atoms with E-state index >= 15 is 0 Å². The van der Waals surface area contributed by atoms with Gasteiger partial charge < -0.3 is 15.0 Å². The monoisotopic (exact) mass is 631 g/mol. The second-order valence-electron chi connectivity index (χ2n) is 15.9. The SMILES string of the molecule is C=C(CCCCN(CCCCCCCCCCCCNC)C(=O)CCC=O)C(C)(CC(C)(C)C)C(C)(C)C.C=CCCC(=C)C. The van der Waals surface area contributed by atoms with Crippen molar-refractivity contribution in [2.45, 2.75) is 171 Å². The number of aldehydes is 1. The Bertz CT molecular complexity index is 801. The molecule has 0 heterocycles. The molecule has 1 unspecified atom stereocenters. The Balaban J connectivity index is 0. The van der Waals surface area contributed by atoms with Crippen molar-refractivity contribution in [2.75, 3.05) is 26.7 Å². The average molecular weight is 631 g/mol. The number of rotatable bonds is 26.